The molecular formula is C22H31N5O7. The number of carbonyl (C=O) groups is 5. The van der Waals surface area contributed by atoms with Gasteiger partial charge in [0.2, 0.25) is 23.6 Å². The zero-order valence-corrected chi connectivity index (χ0v) is 18.8. The number of likely N-dealkylation sites (tertiary alicyclic amines) is 1. The highest BCUT2D eigenvalue weighted by Crippen LogP contribution is 2.20. The molecule has 0 spiro atoms. The molecule has 1 aliphatic rings. The molecule has 0 bridgehead atoms. The van der Waals surface area contributed by atoms with Gasteiger partial charge in [0.05, 0.1) is 18.6 Å². The van der Waals surface area contributed by atoms with Gasteiger partial charge in [-0.05, 0) is 25.3 Å². The van der Waals surface area contributed by atoms with E-state index in [2.05, 4.69) is 10.6 Å². The minimum absolute atomic E-state index is 0.0654. The summed E-state index contributed by atoms with van der Waals surface area (Å²) in [5.74, 6) is -4.27. The van der Waals surface area contributed by atoms with Crippen LogP contribution in [0, 0.1) is 0 Å². The molecule has 12 nitrogen and oxygen atoms in total. The summed E-state index contributed by atoms with van der Waals surface area (Å²) in [6.45, 7) is 1.49. The number of primary amides is 1. The minimum Gasteiger partial charge on any atom is -0.480 e. The van der Waals surface area contributed by atoms with Gasteiger partial charge in [-0.1, -0.05) is 30.3 Å². The standard InChI is InChI=1S/C22H31N5O7/c1-12(28)18(26-19(30)14(23)11-17(24)29)20(31)25-15(10-13-6-3-2-4-7-13)21(32)27-9-5-8-16(27)22(33)34/h2-4,6-7,12,14-16,18,28H,5,8-11,23H2,1H3,(H2,24,29)(H,25,31)(H,26,30)(H,33,34). The van der Waals surface area contributed by atoms with Crippen LogP contribution in [-0.2, 0) is 30.4 Å². The van der Waals surface area contributed by atoms with Gasteiger partial charge in [-0.3, -0.25) is 19.2 Å². The van der Waals surface area contributed by atoms with E-state index in [-0.39, 0.29) is 13.0 Å². The molecule has 2 rings (SSSR count). The van der Waals surface area contributed by atoms with Crippen LogP contribution in [0.15, 0.2) is 30.3 Å². The van der Waals surface area contributed by atoms with Gasteiger partial charge in [-0.15, -0.1) is 0 Å². The van der Waals surface area contributed by atoms with Crippen LogP contribution in [0.5, 0.6) is 0 Å². The number of amides is 4. The van der Waals surface area contributed by atoms with Crippen LogP contribution in [0.3, 0.4) is 0 Å². The van der Waals surface area contributed by atoms with Crippen molar-refractivity contribution < 1.29 is 34.2 Å². The van der Waals surface area contributed by atoms with Gasteiger partial charge in [0.25, 0.3) is 0 Å². The number of carbonyl (C=O) groups excluding carboxylic acids is 4. The second-order valence-corrected chi connectivity index (χ2v) is 8.28. The quantitative estimate of drug-likeness (QED) is 0.207. The van der Waals surface area contributed by atoms with Crippen LogP contribution >= 0.6 is 0 Å². The molecule has 186 valence electrons. The Morgan fingerprint density at radius 2 is 1.76 bits per heavy atom. The highest BCUT2D eigenvalue weighted by Gasteiger charge is 2.39. The van der Waals surface area contributed by atoms with E-state index in [1.54, 1.807) is 30.3 Å². The smallest absolute Gasteiger partial charge is 0.326 e. The molecule has 0 radical (unpaired) electrons. The molecule has 5 unspecified atom stereocenters. The molecule has 1 heterocycles. The normalized spacial score (nSPS) is 18.9. The van der Waals surface area contributed by atoms with Crippen molar-refractivity contribution in [1.82, 2.24) is 15.5 Å². The molecule has 8 N–H and O–H groups in total. The zero-order chi connectivity index (χ0) is 25.4. The predicted octanol–water partition coefficient (Wildman–Crippen LogP) is -2.14. The van der Waals surface area contributed by atoms with Crippen LogP contribution in [0.25, 0.3) is 0 Å². The molecule has 34 heavy (non-hydrogen) atoms. The lowest BCUT2D eigenvalue weighted by molar-refractivity contribution is -0.149. The van der Waals surface area contributed by atoms with Gasteiger partial charge < -0.3 is 37.2 Å². The second kappa shape index (κ2) is 12.1. The van der Waals surface area contributed by atoms with Crippen LogP contribution in [-0.4, -0.2) is 81.5 Å². The van der Waals surface area contributed by atoms with Gasteiger partial charge in [0.1, 0.15) is 18.1 Å². The molecular weight excluding hydrogens is 446 g/mol. The maximum Gasteiger partial charge on any atom is 0.326 e. The van der Waals surface area contributed by atoms with Crippen molar-refractivity contribution >= 4 is 29.6 Å². The Balaban J connectivity index is 2.22. The SMILES string of the molecule is CC(O)C(NC(=O)C(N)CC(N)=O)C(=O)NC(Cc1ccccc1)C(=O)N1CCCC1C(=O)O. The topological polar surface area (TPSA) is 205 Å². The summed E-state index contributed by atoms with van der Waals surface area (Å²) in [6.07, 6.45) is -0.942. The minimum atomic E-state index is -1.48. The fourth-order valence-corrected chi connectivity index (χ4v) is 3.77. The third kappa shape index (κ3) is 7.25. The number of hydrogen-bond donors (Lipinski definition) is 6. The Labute approximate surface area is 196 Å². The molecule has 12 heteroatoms. The van der Waals surface area contributed by atoms with Gasteiger partial charge in [0, 0.05) is 13.0 Å². The number of benzene rings is 1. The Hall–Kier alpha value is -3.51. The van der Waals surface area contributed by atoms with E-state index in [0.29, 0.717) is 18.4 Å². The lowest BCUT2D eigenvalue weighted by Gasteiger charge is -2.29. The first-order valence-corrected chi connectivity index (χ1v) is 10.9. The monoisotopic (exact) mass is 477 g/mol. The van der Waals surface area contributed by atoms with Crippen LogP contribution in [0.4, 0.5) is 0 Å². The van der Waals surface area contributed by atoms with Crippen molar-refractivity contribution in [3.05, 3.63) is 35.9 Å². The molecule has 5 atom stereocenters. The largest absolute Gasteiger partial charge is 0.480 e. The highest BCUT2D eigenvalue weighted by atomic mass is 16.4. The summed E-state index contributed by atoms with van der Waals surface area (Å²) >= 11 is 0. The number of aliphatic carboxylic acids is 1. The Kier molecular flexibility index (Phi) is 9.51. The molecule has 1 fully saturated rings. The van der Waals surface area contributed by atoms with Crippen LogP contribution in [0.1, 0.15) is 31.7 Å². The molecule has 1 aromatic rings. The molecule has 1 saturated heterocycles. The van der Waals surface area contributed by atoms with Crippen molar-refractivity contribution in [3.8, 4) is 0 Å². The van der Waals surface area contributed by atoms with Gasteiger partial charge >= 0.3 is 5.97 Å². The first kappa shape index (κ1) is 26.7. The fraction of sp³-hybridized carbons (Fsp3) is 0.500. The summed E-state index contributed by atoms with van der Waals surface area (Å²) in [6, 6.07) is 3.86. The maximum atomic E-state index is 13.3. The van der Waals surface area contributed by atoms with Crippen molar-refractivity contribution in [2.24, 2.45) is 11.5 Å². The third-order valence-electron chi connectivity index (χ3n) is 5.54. The lowest BCUT2D eigenvalue weighted by atomic mass is 10.0. The van der Waals surface area contributed by atoms with E-state index < -0.39 is 66.3 Å². The Morgan fingerprint density at radius 1 is 1.12 bits per heavy atom. The average molecular weight is 478 g/mol. The maximum absolute atomic E-state index is 13.3. The molecule has 1 aliphatic heterocycles. The molecule has 0 saturated carbocycles. The van der Waals surface area contributed by atoms with E-state index >= 15 is 0 Å². The van der Waals surface area contributed by atoms with E-state index in [0.717, 1.165) is 0 Å². The van der Waals surface area contributed by atoms with Crippen molar-refractivity contribution in [3.63, 3.8) is 0 Å². The number of rotatable bonds is 11. The third-order valence-corrected chi connectivity index (χ3v) is 5.54. The van der Waals surface area contributed by atoms with Crippen molar-refractivity contribution in [1.29, 1.82) is 0 Å². The van der Waals surface area contributed by atoms with Crippen LogP contribution in [0.2, 0.25) is 0 Å². The number of nitrogens with one attached hydrogen (secondary N) is 2. The first-order chi connectivity index (χ1) is 16.0. The van der Waals surface area contributed by atoms with Gasteiger partial charge in [0.15, 0.2) is 0 Å². The molecule has 0 aliphatic carbocycles. The molecule has 1 aromatic carbocycles. The molecule has 0 aromatic heterocycles. The van der Waals surface area contributed by atoms with Crippen LogP contribution < -0.4 is 22.1 Å². The number of aliphatic hydroxyl groups is 1. The zero-order valence-electron chi connectivity index (χ0n) is 18.8. The number of nitrogens with zero attached hydrogens (tertiary/aromatic N) is 1. The van der Waals surface area contributed by atoms with Gasteiger partial charge in [-0.2, -0.15) is 0 Å². The van der Waals surface area contributed by atoms with Crippen molar-refractivity contribution in [2.75, 3.05) is 6.54 Å². The van der Waals surface area contributed by atoms with E-state index in [9.17, 15) is 34.2 Å². The number of hydrogen-bond acceptors (Lipinski definition) is 7. The van der Waals surface area contributed by atoms with E-state index in [1.807, 2.05) is 0 Å². The van der Waals surface area contributed by atoms with Crippen molar-refractivity contribution in [2.45, 2.75) is 62.9 Å². The molecule has 4 amide bonds. The van der Waals surface area contributed by atoms with E-state index in [1.165, 1.54) is 11.8 Å². The Bertz CT molecular complexity index is 908. The number of carboxylic acid groups (broad SMARTS) is 1. The van der Waals surface area contributed by atoms with E-state index in [4.69, 9.17) is 11.5 Å². The average Bonchev–Trinajstić information content (AvgIpc) is 3.26. The summed E-state index contributed by atoms with van der Waals surface area (Å²) in [4.78, 5) is 62.3. The number of aliphatic hydroxyl groups excluding tert-OH is 1. The number of carboxylic acids is 1. The predicted molar refractivity (Wildman–Crippen MR) is 120 cm³/mol. The summed E-state index contributed by atoms with van der Waals surface area (Å²) < 4.78 is 0. The van der Waals surface area contributed by atoms with Gasteiger partial charge in [-0.25, -0.2) is 4.79 Å². The second-order valence-electron chi connectivity index (χ2n) is 8.28. The fourth-order valence-electron chi connectivity index (χ4n) is 3.77. The Morgan fingerprint density at radius 3 is 2.32 bits per heavy atom. The summed E-state index contributed by atoms with van der Waals surface area (Å²) in [5, 5.41) is 24.3. The first-order valence-electron chi connectivity index (χ1n) is 10.9. The lowest BCUT2D eigenvalue weighted by Crippen LogP contribution is -2.60. The summed E-state index contributed by atoms with van der Waals surface area (Å²) in [5.41, 5.74) is 11.4. The highest BCUT2D eigenvalue weighted by molar-refractivity contribution is 5.95. The summed E-state index contributed by atoms with van der Waals surface area (Å²) in [7, 11) is 0. The number of nitrogens with two attached hydrogens (primary N) is 2.